The fraction of sp³-hybridized carbons (Fsp3) is 0.600. The van der Waals surface area contributed by atoms with E-state index >= 15 is 0 Å². The van der Waals surface area contributed by atoms with E-state index in [1.54, 1.807) is 6.07 Å². The molecule has 1 aromatic carbocycles. The van der Waals surface area contributed by atoms with Gasteiger partial charge in [0.2, 0.25) is 0 Å². The maximum Gasteiger partial charge on any atom is 0.128 e. The van der Waals surface area contributed by atoms with Crippen molar-refractivity contribution in [3.8, 4) is 0 Å². The third-order valence-electron chi connectivity index (χ3n) is 4.48. The molecule has 0 aromatic heterocycles. The summed E-state index contributed by atoms with van der Waals surface area (Å²) in [5.74, 6) is -0.206. The molecule has 0 bridgehead atoms. The van der Waals surface area contributed by atoms with Gasteiger partial charge in [-0.15, -0.1) is 0 Å². The van der Waals surface area contributed by atoms with Crippen molar-refractivity contribution >= 4 is 15.9 Å². The SMILES string of the molecule is CN(C)C1(C(N)c2cc(Br)ccc2F)CCCCC1. The zero-order chi connectivity index (χ0) is 14.0. The molecular weight excluding hydrogens is 307 g/mol. The molecule has 1 fully saturated rings. The van der Waals surface area contributed by atoms with Crippen molar-refractivity contribution in [2.75, 3.05) is 14.1 Å². The highest BCUT2D eigenvalue weighted by molar-refractivity contribution is 9.10. The van der Waals surface area contributed by atoms with E-state index in [9.17, 15) is 4.39 Å². The summed E-state index contributed by atoms with van der Waals surface area (Å²) in [4.78, 5) is 2.19. The molecule has 0 saturated heterocycles. The predicted molar refractivity (Wildman–Crippen MR) is 80.5 cm³/mol. The number of rotatable bonds is 3. The van der Waals surface area contributed by atoms with Gasteiger partial charge in [0, 0.05) is 15.6 Å². The second-order valence-corrected chi connectivity index (χ2v) is 6.62. The molecule has 1 unspecified atom stereocenters. The van der Waals surface area contributed by atoms with Gasteiger partial charge >= 0.3 is 0 Å². The topological polar surface area (TPSA) is 29.3 Å². The van der Waals surface area contributed by atoms with E-state index < -0.39 is 0 Å². The number of likely N-dealkylation sites (N-methyl/N-ethyl adjacent to an activating group) is 1. The summed E-state index contributed by atoms with van der Waals surface area (Å²) < 4.78 is 15.0. The third kappa shape index (κ3) is 2.86. The molecule has 0 amide bonds. The number of hydrogen-bond donors (Lipinski definition) is 1. The molecule has 1 saturated carbocycles. The lowest BCUT2D eigenvalue weighted by atomic mass is 9.73. The molecule has 2 nitrogen and oxygen atoms in total. The van der Waals surface area contributed by atoms with Gasteiger partial charge in [0.15, 0.2) is 0 Å². The van der Waals surface area contributed by atoms with Gasteiger partial charge in [-0.3, -0.25) is 0 Å². The maximum absolute atomic E-state index is 14.1. The van der Waals surface area contributed by atoms with Crippen molar-refractivity contribution < 1.29 is 4.39 Å². The molecule has 1 aliphatic carbocycles. The van der Waals surface area contributed by atoms with Crippen LogP contribution >= 0.6 is 15.9 Å². The normalized spacial score (nSPS) is 20.5. The van der Waals surface area contributed by atoms with E-state index in [2.05, 4.69) is 34.9 Å². The minimum Gasteiger partial charge on any atom is -0.322 e. The van der Waals surface area contributed by atoms with Gasteiger partial charge in [0.25, 0.3) is 0 Å². The Bertz CT molecular complexity index is 442. The van der Waals surface area contributed by atoms with Crippen LogP contribution in [0.25, 0.3) is 0 Å². The Morgan fingerprint density at radius 3 is 2.47 bits per heavy atom. The van der Waals surface area contributed by atoms with E-state index in [0.717, 1.165) is 17.3 Å². The quantitative estimate of drug-likeness (QED) is 0.913. The van der Waals surface area contributed by atoms with Crippen molar-refractivity contribution in [1.29, 1.82) is 0 Å². The molecule has 0 heterocycles. The summed E-state index contributed by atoms with van der Waals surface area (Å²) in [7, 11) is 4.11. The molecule has 1 atom stereocenters. The monoisotopic (exact) mass is 328 g/mol. The Kier molecular flexibility index (Phi) is 4.64. The van der Waals surface area contributed by atoms with E-state index in [0.29, 0.717) is 5.56 Å². The van der Waals surface area contributed by atoms with Crippen LogP contribution < -0.4 is 5.73 Å². The van der Waals surface area contributed by atoms with Crippen LogP contribution in [0, 0.1) is 5.82 Å². The molecule has 0 aliphatic heterocycles. The largest absolute Gasteiger partial charge is 0.322 e. The van der Waals surface area contributed by atoms with Gasteiger partial charge in [0.05, 0.1) is 6.04 Å². The van der Waals surface area contributed by atoms with E-state index in [1.807, 2.05) is 6.07 Å². The Labute approximate surface area is 123 Å². The highest BCUT2D eigenvalue weighted by atomic mass is 79.9. The molecule has 0 spiro atoms. The van der Waals surface area contributed by atoms with Crippen LogP contribution in [0.3, 0.4) is 0 Å². The van der Waals surface area contributed by atoms with Crippen molar-refractivity contribution in [2.45, 2.75) is 43.7 Å². The van der Waals surface area contributed by atoms with Crippen molar-refractivity contribution in [2.24, 2.45) is 5.73 Å². The summed E-state index contributed by atoms with van der Waals surface area (Å²) in [6.45, 7) is 0. The van der Waals surface area contributed by atoms with E-state index in [-0.39, 0.29) is 17.4 Å². The smallest absolute Gasteiger partial charge is 0.128 e. The molecule has 4 heteroatoms. The van der Waals surface area contributed by atoms with Gasteiger partial charge in [0.1, 0.15) is 5.82 Å². The molecule has 1 aliphatic rings. The number of hydrogen-bond acceptors (Lipinski definition) is 2. The summed E-state index contributed by atoms with van der Waals surface area (Å²) in [6.07, 6.45) is 5.66. The fourth-order valence-electron chi connectivity index (χ4n) is 3.24. The lowest BCUT2D eigenvalue weighted by Gasteiger charge is -2.47. The Morgan fingerprint density at radius 1 is 1.26 bits per heavy atom. The number of nitrogens with two attached hydrogens (primary N) is 1. The first-order chi connectivity index (χ1) is 8.97. The van der Waals surface area contributed by atoms with Crippen LogP contribution in [-0.2, 0) is 0 Å². The van der Waals surface area contributed by atoms with Crippen molar-refractivity contribution in [3.63, 3.8) is 0 Å². The molecular formula is C15H22BrFN2. The summed E-state index contributed by atoms with van der Waals surface area (Å²) in [5.41, 5.74) is 6.96. The molecule has 0 radical (unpaired) electrons. The average Bonchev–Trinajstić information content (AvgIpc) is 2.41. The van der Waals surface area contributed by atoms with Gasteiger partial charge in [-0.05, 0) is 45.1 Å². The van der Waals surface area contributed by atoms with Gasteiger partial charge in [-0.2, -0.15) is 0 Å². The molecule has 106 valence electrons. The van der Waals surface area contributed by atoms with Crippen LogP contribution in [0.15, 0.2) is 22.7 Å². The number of halogens is 2. The molecule has 1 aromatic rings. The van der Waals surface area contributed by atoms with Gasteiger partial charge < -0.3 is 10.6 Å². The zero-order valence-electron chi connectivity index (χ0n) is 11.6. The summed E-state index contributed by atoms with van der Waals surface area (Å²) in [6, 6.07) is 4.74. The van der Waals surface area contributed by atoms with Crippen LogP contribution in [0.5, 0.6) is 0 Å². The second-order valence-electron chi connectivity index (χ2n) is 5.70. The van der Waals surface area contributed by atoms with Crippen LogP contribution in [0.4, 0.5) is 4.39 Å². The van der Waals surface area contributed by atoms with Crippen LogP contribution in [-0.4, -0.2) is 24.5 Å². The van der Waals surface area contributed by atoms with Gasteiger partial charge in [-0.1, -0.05) is 35.2 Å². The standard InChI is InChI=1S/C15H22BrFN2/c1-19(2)15(8-4-3-5-9-15)14(18)12-10-11(16)6-7-13(12)17/h6-7,10,14H,3-5,8-9,18H2,1-2H3. The van der Waals surface area contributed by atoms with E-state index in [4.69, 9.17) is 5.73 Å². The first-order valence-corrected chi connectivity index (χ1v) is 7.64. The average molecular weight is 329 g/mol. The minimum atomic E-state index is -0.291. The third-order valence-corrected chi connectivity index (χ3v) is 4.98. The van der Waals surface area contributed by atoms with Crippen LogP contribution in [0.2, 0.25) is 0 Å². The number of benzene rings is 1. The Balaban J connectivity index is 2.39. The molecule has 2 rings (SSSR count). The molecule has 2 N–H and O–H groups in total. The van der Waals surface area contributed by atoms with Crippen molar-refractivity contribution in [1.82, 2.24) is 4.90 Å². The second kappa shape index (κ2) is 5.90. The summed E-state index contributed by atoms with van der Waals surface area (Å²) >= 11 is 3.41. The van der Waals surface area contributed by atoms with Gasteiger partial charge in [-0.25, -0.2) is 4.39 Å². The fourth-order valence-corrected chi connectivity index (χ4v) is 3.62. The highest BCUT2D eigenvalue weighted by Crippen LogP contribution is 2.41. The van der Waals surface area contributed by atoms with Crippen molar-refractivity contribution in [3.05, 3.63) is 34.1 Å². The molecule has 19 heavy (non-hydrogen) atoms. The first-order valence-electron chi connectivity index (χ1n) is 6.85. The highest BCUT2D eigenvalue weighted by Gasteiger charge is 2.41. The van der Waals surface area contributed by atoms with Crippen LogP contribution in [0.1, 0.15) is 43.7 Å². The number of nitrogens with zero attached hydrogens (tertiary/aromatic N) is 1. The van der Waals surface area contributed by atoms with E-state index in [1.165, 1.54) is 25.3 Å². The lowest BCUT2D eigenvalue weighted by molar-refractivity contribution is 0.0701. The predicted octanol–water partition coefficient (Wildman–Crippen LogP) is 3.85. The first kappa shape index (κ1) is 14.9. The maximum atomic E-state index is 14.1. The summed E-state index contributed by atoms with van der Waals surface area (Å²) in [5, 5.41) is 0. The zero-order valence-corrected chi connectivity index (χ0v) is 13.2. The Hall–Kier alpha value is -0.450. The Morgan fingerprint density at radius 2 is 1.89 bits per heavy atom. The lowest BCUT2D eigenvalue weighted by Crippen LogP contribution is -2.53. The minimum absolute atomic E-state index is 0.125.